The molecular formula is C28H31N5O. The lowest BCUT2D eigenvalue weighted by atomic mass is 9.87. The Morgan fingerprint density at radius 1 is 1.15 bits per heavy atom. The van der Waals surface area contributed by atoms with Crippen LogP contribution in [0.5, 0.6) is 0 Å². The molecule has 6 rings (SSSR count). The molecule has 6 heteroatoms. The zero-order valence-corrected chi connectivity index (χ0v) is 19.9. The Morgan fingerprint density at radius 2 is 2.09 bits per heavy atom. The van der Waals surface area contributed by atoms with Gasteiger partial charge in [0.25, 0.3) is 0 Å². The van der Waals surface area contributed by atoms with E-state index in [1.54, 1.807) is 7.11 Å². The van der Waals surface area contributed by atoms with Gasteiger partial charge in [-0.05, 0) is 84.8 Å². The van der Waals surface area contributed by atoms with Crippen LogP contribution in [0.1, 0.15) is 46.8 Å². The van der Waals surface area contributed by atoms with Crippen LogP contribution in [0.25, 0.3) is 22.2 Å². The van der Waals surface area contributed by atoms with Gasteiger partial charge in [-0.15, -0.1) is 0 Å². The highest BCUT2D eigenvalue weighted by molar-refractivity contribution is 5.84. The maximum atomic E-state index is 5.30. The molecule has 6 nitrogen and oxygen atoms in total. The van der Waals surface area contributed by atoms with Gasteiger partial charge in [-0.1, -0.05) is 6.07 Å². The number of ether oxygens (including phenoxy) is 1. The van der Waals surface area contributed by atoms with Crippen molar-refractivity contribution in [3.05, 3.63) is 76.9 Å². The molecule has 1 atom stereocenters. The van der Waals surface area contributed by atoms with Gasteiger partial charge >= 0.3 is 0 Å². The van der Waals surface area contributed by atoms with Gasteiger partial charge in [-0.25, -0.2) is 4.98 Å². The van der Waals surface area contributed by atoms with Gasteiger partial charge in [0.15, 0.2) is 0 Å². The van der Waals surface area contributed by atoms with Gasteiger partial charge in [0.2, 0.25) is 0 Å². The minimum atomic E-state index is 0.417. The van der Waals surface area contributed by atoms with Crippen molar-refractivity contribution >= 4 is 16.7 Å². The second kappa shape index (κ2) is 8.85. The molecule has 2 aliphatic heterocycles. The van der Waals surface area contributed by atoms with Crippen molar-refractivity contribution < 1.29 is 4.74 Å². The minimum Gasteiger partial charge on any atom is -0.378 e. The molecule has 2 aliphatic rings. The number of aromatic amines is 1. The predicted molar refractivity (Wildman–Crippen MR) is 136 cm³/mol. The lowest BCUT2D eigenvalue weighted by molar-refractivity contribution is 0.181. The van der Waals surface area contributed by atoms with E-state index in [1.807, 2.05) is 18.6 Å². The fourth-order valence-electron chi connectivity index (χ4n) is 5.53. The molecular weight excluding hydrogens is 422 g/mol. The highest BCUT2D eigenvalue weighted by Crippen LogP contribution is 2.37. The number of aromatic nitrogens is 3. The number of rotatable bonds is 5. The van der Waals surface area contributed by atoms with Gasteiger partial charge in [0.05, 0.1) is 12.3 Å². The van der Waals surface area contributed by atoms with Crippen LogP contribution >= 0.6 is 0 Å². The van der Waals surface area contributed by atoms with Crippen LogP contribution in [0.3, 0.4) is 0 Å². The van der Waals surface area contributed by atoms with Crippen LogP contribution < -0.4 is 10.2 Å². The number of anilines is 1. The first kappa shape index (κ1) is 21.3. The average molecular weight is 454 g/mol. The molecule has 0 bridgehead atoms. The van der Waals surface area contributed by atoms with Gasteiger partial charge in [-0.2, -0.15) is 0 Å². The summed E-state index contributed by atoms with van der Waals surface area (Å²) in [5.41, 5.74) is 11.3. The summed E-state index contributed by atoms with van der Waals surface area (Å²) < 4.78 is 5.30. The number of aryl methyl sites for hydroxylation is 1. The smallest absolute Gasteiger partial charge is 0.137 e. The Bertz CT molecular complexity index is 1340. The van der Waals surface area contributed by atoms with Crippen molar-refractivity contribution in [2.24, 2.45) is 0 Å². The number of hydrogen-bond donors (Lipinski definition) is 2. The van der Waals surface area contributed by atoms with Crippen LogP contribution in [0.15, 0.2) is 48.9 Å². The summed E-state index contributed by atoms with van der Waals surface area (Å²) in [5.74, 6) is 0. The molecule has 5 heterocycles. The Kier molecular flexibility index (Phi) is 5.55. The number of fused-ring (bicyclic) bond motifs is 2. The third-order valence-corrected chi connectivity index (χ3v) is 7.34. The molecule has 174 valence electrons. The fraction of sp³-hybridized carbons (Fsp3) is 0.357. The quantitative estimate of drug-likeness (QED) is 0.442. The highest BCUT2D eigenvalue weighted by atomic mass is 16.5. The summed E-state index contributed by atoms with van der Waals surface area (Å²) in [6.07, 6.45) is 9.40. The molecule has 0 radical (unpaired) electrons. The standard InChI is InChI=1S/C28H31N5O/c1-18-14-31-28-24(18)12-21(15-32-28)20-10-19-6-9-33(23-5-8-29-22(13-23)17-34-2)16-26(19)25(11-20)27-4-3-7-30-27/h5,8,10-15,27,30H,3-4,6-7,9,16-17H2,1-2H3,(H,31,32)/t27-/m0/s1. The number of hydrogen-bond acceptors (Lipinski definition) is 5. The number of methoxy groups -OCH3 is 1. The second-order valence-electron chi connectivity index (χ2n) is 9.55. The number of nitrogens with one attached hydrogen (secondary N) is 2. The molecule has 4 aromatic rings. The van der Waals surface area contributed by atoms with E-state index in [2.05, 4.69) is 57.4 Å². The lowest BCUT2D eigenvalue weighted by Gasteiger charge is -2.34. The van der Waals surface area contributed by atoms with E-state index >= 15 is 0 Å². The number of H-pyrrole nitrogens is 1. The third kappa shape index (κ3) is 3.87. The third-order valence-electron chi connectivity index (χ3n) is 7.34. The topological polar surface area (TPSA) is 66.1 Å². The lowest BCUT2D eigenvalue weighted by Crippen LogP contribution is -2.32. The van der Waals surface area contributed by atoms with Crippen LogP contribution in [0.4, 0.5) is 5.69 Å². The van der Waals surface area contributed by atoms with Gasteiger partial charge in [0, 0.05) is 61.5 Å². The second-order valence-corrected chi connectivity index (χ2v) is 9.55. The number of nitrogens with zero attached hydrogens (tertiary/aromatic N) is 3. The van der Waals surface area contributed by atoms with Crippen LogP contribution in [-0.4, -0.2) is 35.2 Å². The van der Waals surface area contributed by atoms with E-state index in [-0.39, 0.29) is 0 Å². The van der Waals surface area contributed by atoms with E-state index in [0.29, 0.717) is 12.6 Å². The van der Waals surface area contributed by atoms with Crippen molar-refractivity contribution in [3.63, 3.8) is 0 Å². The molecule has 0 saturated carbocycles. The summed E-state index contributed by atoms with van der Waals surface area (Å²) in [7, 11) is 1.72. The molecule has 34 heavy (non-hydrogen) atoms. The van der Waals surface area contributed by atoms with E-state index in [1.165, 1.54) is 57.3 Å². The average Bonchev–Trinajstić information content (AvgIpc) is 3.54. The van der Waals surface area contributed by atoms with Gasteiger partial charge < -0.3 is 19.9 Å². The first-order valence-electron chi connectivity index (χ1n) is 12.2. The molecule has 1 fully saturated rings. The monoisotopic (exact) mass is 453 g/mol. The van der Waals surface area contributed by atoms with E-state index in [0.717, 1.165) is 37.4 Å². The highest BCUT2D eigenvalue weighted by Gasteiger charge is 2.26. The van der Waals surface area contributed by atoms with E-state index < -0.39 is 0 Å². The fourth-order valence-corrected chi connectivity index (χ4v) is 5.53. The first-order chi connectivity index (χ1) is 16.7. The molecule has 0 aliphatic carbocycles. The Morgan fingerprint density at radius 3 is 2.94 bits per heavy atom. The largest absolute Gasteiger partial charge is 0.378 e. The molecule has 3 aromatic heterocycles. The van der Waals surface area contributed by atoms with Crippen molar-refractivity contribution in [2.45, 2.75) is 45.4 Å². The number of benzene rings is 1. The maximum Gasteiger partial charge on any atom is 0.137 e. The minimum absolute atomic E-state index is 0.417. The van der Waals surface area contributed by atoms with Gasteiger partial charge in [-0.3, -0.25) is 4.98 Å². The first-order valence-corrected chi connectivity index (χ1v) is 12.2. The molecule has 0 unspecified atom stereocenters. The molecule has 0 spiro atoms. The summed E-state index contributed by atoms with van der Waals surface area (Å²) >= 11 is 0. The Hall–Kier alpha value is -3.22. The molecule has 1 saturated heterocycles. The summed E-state index contributed by atoms with van der Waals surface area (Å²) in [6, 6.07) is 11.8. The maximum absolute atomic E-state index is 5.30. The zero-order chi connectivity index (χ0) is 23.1. The van der Waals surface area contributed by atoms with Gasteiger partial charge in [0.1, 0.15) is 5.65 Å². The molecule has 1 aromatic carbocycles. The summed E-state index contributed by atoms with van der Waals surface area (Å²) in [6.45, 7) is 5.69. The van der Waals surface area contributed by atoms with Crippen LogP contribution in [0, 0.1) is 6.92 Å². The summed E-state index contributed by atoms with van der Waals surface area (Å²) in [4.78, 5) is 14.9. The molecule has 2 N–H and O–H groups in total. The number of pyridine rings is 2. The van der Waals surface area contributed by atoms with Crippen molar-refractivity contribution in [1.82, 2.24) is 20.3 Å². The summed E-state index contributed by atoms with van der Waals surface area (Å²) in [5, 5.41) is 4.95. The van der Waals surface area contributed by atoms with E-state index in [9.17, 15) is 0 Å². The van der Waals surface area contributed by atoms with E-state index in [4.69, 9.17) is 9.72 Å². The zero-order valence-electron chi connectivity index (χ0n) is 19.9. The SMILES string of the molecule is COCc1cc(N2CCc3cc(-c4cnc5[nH]cc(C)c5c4)cc([C@@H]4CCCN4)c3C2)ccn1. The van der Waals surface area contributed by atoms with Crippen LogP contribution in [0.2, 0.25) is 0 Å². The van der Waals surface area contributed by atoms with Crippen molar-refractivity contribution in [3.8, 4) is 11.1 Å². The Labute approximate surface area is 200 Å². The van der Waals surface area contributed by atoms with Crippen molar-refractivity contribution in [2.75, 3.05) is 25.1 Å². The normalized spacial score (nSPS) is 17.9. The Balaban J connectivity index is 1.40. The van der Waals surface area contributed by atoms with Crippen LogP contribution in [-0.2, 0) is 24.3 Å². The molecule has 0 amide bonds. The predicted octanol–water partition coefficient (Wildman–Crippen LogP) is 5.07. The van der Waals surface area contributed by atoms with Crippen molar-refractivity contribution in [1.29, 1.82) is 0 Å².